The third-order valence-corrected chi connectivity index (χ3v) is 7.89. The summed E-state index contributed by atoms with van der Waals surface area (Å²) in [5.74, 6) is 0.0194. The molecule has 218 valence electrons. The van der Waals surface area contributed by atoms with Crippen molar-refractivity contribution in [2.75, 3.05) is 31.7 Å². The van der Waals surface area contributed by atoms with E-state index in [2.05, 4.69) is 31.0 Å². The average molecular weight is 563 g/mol. The molecule has 1 aliphatic carbocycles. The van der Waals surface area contributed by atoms with Gasteiger partial charge < -0.3 is 29.7 Å². The number of ketones is 1. The van der Waals surface area contributed by atoms with E-state index in [-0.39, 0.29) is 54.6 Å². The number of carbonyl (C=O) groups is 3. The molecule has 10 nitrogen and oxygen atoms in total. The third kappa shape index (κ3) is 5.47. The van der Waals surface area contributed by atoms with Crippen LogP contribution in [0.5, 0.6) is 11.5 Å². The van der Waals surface area contributed by atoms with E-state index in [0.29, 0.717) is 41.3 Å². The van der Waals surface area contributed by atoms with E-state index >= 15 is 0 Å². The average Bonchev–Trinajstić information content (AvgIpc) is 3.71. The van der Waals surface area contributed by atoms with Crippen molar-refractivity contribution in [1.82, 2.24) is 10.2 Å². The van der Waals surface area contributed by atoms with E-state index in [1.807, 2.05) is 19.1 Å². The number of nitrogens with one attached hydrogen (secondary N) is 2. The van der Waals surface area contributed by atoms with Gasteiger partial charge in [0.2, 0.25) is 0 Å². The molecule has 2 heterocycles. The van der Waals surface area contributed by atoms with Crippen molar-refractivity contribution in [3.8, 4) is 11.5 Å². The summed E-state index contributed by atoms with van der Waals surface area (Å²) in [7, 11) is 1.55. The van der Waals surface area contributed by atoms with E-state index < -0.39 is 5.97 Å². The molecule has 3 N–H and O–H groups in total. The quantitative estimate of drug-likeness (QED) is 0.391. The van der Waals surface area contributed by atoms with E-state index in [9.17, 15) is 19.5 Å². The van der Waals surface area contributed by atoms with Crippen LogP contribution in [0.25, 0.3) is 0 Å². The first-order chi connectivity index (χ1) is 19.4. The highest BCUT2D eigenvalue weighted by molar-refractivity contribution is 6.08. The maximum absolute atomic E-state index is 13.8. The standard InChI is InChI=1S/C31H38N4O6/c1-6-40-26-11-18-14-34(29(32)21(18)13-22(26)30(39)33-5)15-25(36)17-9-23(31(2,3)4)28-24(10-17)35(19-7-8-19)20(16-41-28)12-27(37)38/h9-11,13,19-20,32H,6-8,12,14-16H2,1-5H3,(H,33,39)(H,37,38). The Balaban J connectivity index is 1.47. The van der Waals surface area contributed by atoms with Gasteiger partial charge in [-0.2, -0.15) is 0 Å². The summed E-state index contributed by atoms with van der Waals surface area (Å²) in [5, 5.41) is 21.0. The SMILES string of the molecule is CCOc1cc2c(cc1C(=O)NC)C(=N)N(CC(=O)c1cc3c(c(C(C)(C)C)c1)OCC(CC(=O)O)N3C1CC1)C2. The molecule has 0 radical (unpaired) electrons. The van der Waals surface area contributed by atoms with Gasteiger partial charge in [-0.05, 0) is 55.0 Å². The van der Waals surface area contributed by atoms with Gasteiger partial charge in [-0.15, -0.1) is 0 Å². The Labute approximate surface area is 240 Å². The van der Waals surface area contributed by atoms with Crippen LogP contribution in [0.4, 0.5) is 5.69 Å². The lowest BCUT2D eigenvalue weighted by atomic mass is 9.83. The number of Topliss-reactive ketones (excluding diaryl/α,β-unsaturated/α-hetero) is 1. The van der Waals surface area contributed by atoms with Gasteiger partial charge in [0.1, 0.15) is 23.9 Å². The van der Waals surface area contributed by atoms with Crippen LogP contribution in [0.3, 0.4) is 0 Å². The molecule has 1 atom stereocenters. The Hall–Kier alpha value is -4.08. The van der Waals surface area contributed by atoms with E-state index in [4.69, 9.17) is 14.9 Å². The molecule has 0 aromatic heterocycles. The second-order valence-electron chi connectivity index (χ2n) is 12.0. The number of aliphatic carboxylic acids is 1. The maximum atomic E-state index is 13.8. The van der Waals surface area contributed by atoms with Crippen LogP contribution >= 0.6 is 0 Å². The highest BCUT2D eigenvalue weighted by atomic mass is 16.5. The predicted molar refractivity (Wildman–Crippen MR) is 155 cm³/mol. The molecule has 2 aromatic rings. The molecular weight excluding hydrogens is 524 g/mol. The minimum atomic E-state index is -0.879. The number of fused-ring (bicyclic) bond motifs is 2. The number of hydrogen-bond acceptors (Lipinski definition) is 7. The lowest BCUT2D eigenvalue weighted by Gasteiger charge is -2.40. The highest BCUT2D eigenvalue weighted by Gasteiger charge is 2.41. The predicted octanol–water partition coefficient (Wildman–Crippen LogP) is 3.97. The largest absolute Gasteiger partial charge is 0.493 e. The van der Waals surface area contributed by atoms with Crippen LogP contribution in [0, 0.1) is 5.41 Å². The van der Waals surface area contributed by atoms with Crippen molar-refractivity contribution < 1.29 is 29.0 Å². The molecule has 1 fully saturated rings. The third-order valence-electron chi connectivity index (χ3n) is 7.89. The number of amidine groups is 1. The maximum Gasteiger partial charge on any atom is 0.305 e. The number of rotatable bonds is 9. The molecule has 2 aromatic carbocycles. The Kier molecular flexibility index (Phi) is 7.44. The lowest BCUT2D eigenvalue weighted by Crippen LogP contribution is -2.46. The lowest BCUT2D eigenvalue weighted by molar-refractivity contribution is -0.137. The van der Waals surface area contributed by atoms with Crippen LogP contribution in [0.15, 0.2) is 24.3 Å². The summed E-state index contributed by atoms with van der Waals surface area (Å²) in [6.07, 6.45) is 1.91. The molecular formula is C31H38N4O6. The Morgan fingerprint density at radius 2 is 1.90 bits per heavy atom. The van der Waals surface area contributed by atoms with Gasteiger partial charge in [0, 0.05) is 36.3 Å². The van der Waals surface area contributed by atoms with Crippen LogP contribution < -0.4 is 19.7 Å². The zero-order valence-electron chi connectivity index (χ0n) is 24.3. The van der Waals surface area contributed by atoms with Gasteiger partial charge in [0.15, 0.2) is 5.78 Å². The number of ether oxygens (including phenoxy) is 2. The Morgan fingerprint density at radius 3 is 2.51 bits per heavy atom. The highest BCUT2D eigenvalue weighted by Crippen LogP contribution is 2.47. The first-order valence-electron chi connectivity index (χ1n) is 14.1. The normalized spacial score (nSPS) is 18.0. The van der Waals surface area contributed by atoms with Crippen molar-refractivity contribution >= 4 is 29.2 Å². The fourth-order valence-corrected chi connectivity index (χ4v) is 5.75. The molecule has 1 amide bonds. The minimum absolute atomic E-state index is 0.0159. The van der Waals surface area contributed by atoms with Crippen LogP contribution in [-0.2, 0) is 16.8 Å². The number of benzene rings is 2. The fraction of sp³-hybridized carbons (Fsp3) is 0.484. The van der Waals surface area contributed by atoms with E-state index in [1.165, 1.54) is 0 Å². The number of carboxylic acid groups (broad SMARTS) is 1. The molecule has 2 aliphatic heterocycles. The van der Waals surface area contributed by atoms with Gasteiger partial charge in [0.25, 0.3) is 5.91 Å². The molecule has 3 aliphatic rings. The van der Waals surface area contributed by atoms with Gasteiger partial charge in [-0.25, -0.2) is 0 Å². The Morgan fingerprint density at radius 1 is 1.17 bits per heavy atom. The zero-order chi connectivity index (χ0) is 29.6. The second kappa shape index (κ2) is 10.7. The fourth-order valence-electron chi connectivity index (χ4n) is 5.75. The molecule has 1 unspecified atom stereocenters. The van der Waals surface area contributed by atoms with Crippen molar-refractivity contribution in [2.45, 2.75) is 71.0 Å². The molecule has 0 bridgehead atoms. The molecule has 10 heteroatoms. The topological polar surface area (TPSA) is 132 Å². The number of amides is 1. The zero-order valence-corrected chi connectivity index (χ0v) is 24.3. The molecule has 0 spiro atoms. The van der Waals surface area contributed by atoms with Crippen molar-refractivity contribution in [1.29, 1.82) is 5.41 Å². The monoisotopic (exact) mass is 562 g/mol. The number of hydrogen-bond donors (Lipinski definition) is 3. The van der Waals surface area contributed by atoms with E-state index in [0.717, 1.165) is 29.7 Å². The van der Waals surface area contributed by atoms with E-state index in [1.54, 1.807) is 24.1 Å². The molecule has 5 rings (SSSR count). The van der Waals surface area contributed by atoms with Gasteiger partial charge in [0.05, 0.1) is 36.9 Å². The Bertz CT molecular complexity index is 1420. The van der Waals surface area contributed by atoms with Crippen molar-refractivity contribution in [3.05, 3.63) is 52.1 Å². The first-order valence-corrected chi connectivity index (χ1v) is 14.1. The van der Waals surface area contributed by atoms with Gasteiger partial charge >= 0.3 is 5.97 Å². The summed E-state index contributed by atoms with van der Waals surface area (Å²) in [6, 6.07) is 7.09. The molecule has 0 saturated heterocycles. The van der Waals surface area contributed by atoms with Crippen molar-refractivity contribution in [2.24, 2.45) is 0 Å². The summed E-state index contributed by atoms with van der Waals surface area (Å²) in [4.78, 5) is 41.8. The molecule has 1 saturated carbocycles. The van der Waals surface area contributed by atoms with Crippen molar-refractivity contribution in [3.63, 3.8) is 0 Å². The summed E-state index contributed by atoms with van der Waals surface area (Å²) < 4.78 is 11.9. The van der Waals surface area contributed by atoms with Crippen LogP contribution in [0.1, 0.15) is 84.4 Å². The number of nitrogens with zero attached hydrogens (tertiary/aromatic N) is 2. The summed E-state index contributed by atoms with van der Waals surface area (Å²) in [5.41, 5.74) is 3.63. The number of carbonyl (C=O) groups excluding carboxylic acids is 2. The first kappa shape index (κ1) is 28.4. The smallest absolute Gasteiger partial charge is 0.305 e. The minimum Gasteiger partial charge on any atom is -0.493 e. The van der Waals surface area contributed by atoms with Crippen LogP contribution in [-0.4, -0.2) is 72.4 Å². The van der Waals surface area contributed by atoms with Gasteiger partial charge in [-0.1, -0.05) is 20.8 Å². The molecule has 41 heavy (non-hydrogen) atoms. The number of anilines is 1. The number of carboxylic acids is 1. The summed E-state index contributed by atoms with van der Waals surface area (Å²) in [6.45, 7) is 9.06. The van der Waals surface area contributed by atoms with Crippen LogP contribution in [0.2, 0.25) is 0 Å². The van der Waals surface area contributed by atoms with Gasteiger partial charge in [-0.3, -0.25) is 19.8 Å². The second-order valence-corrected chi connectivity index (χ2v) is 12.0. The summed E-state index contributed by atoms with van der Waals surface area (Å²) >= 11 is 0.